The van der Waals surface area contributed by atoms with Crippen molar-refractivity contribution in [3.63, 3.8) is 0 Å². The number of carbonyl (C=O) groups excluding carboxylic acids is 1. The Morgan fingerprint density at radius 3 is 2.60 bits per heavy atom. The third kappa shape index (κ3) is 4.19. The van der Waals surface area contributed by atoms with Gasteiger partial charge in [0.1, 0.15) is 5.69 Å². The Bertz CT molecular complexity index is 719. The summed E-state index contributed by atoms with van der Waals surface area (Å²) in [5, 5.41) is 2.94. The highest BCUT2D eigenvalue weighted by atomic mass is 16.1. The third-order valence-corrected chi connectivity index (χ3v) is 4.89. The molecule has 0 radical (unpaired) electrons. The molecule has 0 bridgehead atoms. The highest BCUT2D eigenvalue weighted by Crippen LogP contribution is 2.26. The SMILES string of the molecule is CCC1CCCCN1c1ccc(C(=O)Nc2cc(C)cc(C)c2)nc1. The van der Waals surface area contributed by atoms with Crippen LogP contribution in [0.1, 0.15) is 54.2 Å². The molecular formula is C21H27N3O. The molecule has 4 nitrogen and oxygen atoms in total. The van der Waals surface area contributed by atoms with Gasteiger partial charge >= 0.3 is 0 Å². The van der Waals surface area contributed by atoms with E-state index in [1.807, 2.05) is 44.3 Å². The summed E-state index contributed by atoms with van der Waals surface area (Å²) >= 11 is 0. The van der Waals surface area contributed by atoms with Gasteiger partial charge in [-0.1, -0.05) is 13.0 Å². The Balaban J connectivity index is 1.72. The average molecular weight is 337 g/mol. The van der Waals surface area contributed by atoms with Crippen LogP contribution in [-0.4, -0.2) is 23.5 Å². The first kappa shape index (κ1) is 17.5. The van der Waals surface area contributed by atoms with Crippen molar-refractivity contribution in [3.8, 4) is 0 Å². The van der Waals surface area contributed by atoms with E-state index in [9.17, 15) is 4.79 Å². The Morgan fingerprint density at radius 1 is 1.20 bits per heavy atom. The van der Waals surface area contributed by atoms with E-state index in [0.29, 0.717) is 11.7 Å². The summed E-state index contributed by atoms with van der Waals surface area (Å²) in [6.07, 6.45) is 6.76. The van der Waals surface area contributed by atoms with Crippen molar-refractivity contribution in [1.29, 1.82) is 0 Å². The summed E-state index contributed by atoms with van der Waals surface area (Å²) in [4.78, 5) is 19.3. The number of nitrogens with zero attached hydrogens (tertiary/aromatic N) is 2. The fourth-order valence-corrected chi connectivity index (χ4v) is 3.70. The minimum Gasteiger partial charge on any atom is -0.367 e. The van der Waals surface area contributed by atoms with Crippen LogP contribution in [0.4, 0.5) is 11.4 Å². The zero-order valence-corrected chi connectivity index (χ0v) is 15.4. The Labute approximate surface area is 150 Å². The maximum Gasteiger partial charge on any atom is 0.274 e. The molecule has 1 fully saturated rings. The molecule has 25 heavy (non-hydrogen) atoms. The maximum absolute atomic E-state index is 12.5. The number of nitrogens with one attached hydrogen (secondary N) is 1. The van der Waals surface area contributed by atoms with Gasteiger partial charge in [-0.15, -0.1) is 0 Å². The Hall–Kier alpha value is -2.36. The fourth-order valence-electron chi connectivity index (χ4n) is 3.70. The number of pyridine rings is 1. The largest absolute Gasteiger partial charge is 0.367 e. The quantitative estimate of drug-likeness (QED) is 0.878. The second kappa shape index (κ2) is 7.68. The van der Waals surface area contributed by atoms with Gasteiger partial charge in [0.2, 0.25) is 0 Å². The molecule has 1 amide bonds. The molecule has 0 spiro atoms. The number of aryl methyl sites for hydroxylation is 2. The van der Waals surface area contributed by atoms with Crippen LogP contribution in [-0.2, 0) is 0 Å². The number of rotatable bonds is 4. The van der Waals surface area contributed by atoms with Crippen molar-refractivity contribution in [2.75, 3.05) is 16.8 Å². The van der Waals surface area contributed by atoms with Crippen molar-refractivity contribution in [2.24, 2.45) is 0 Å². The van der Waals surface area contributed by atoms with Crippen molar-refractivity contribution >= 4 is 17.3 Å². The molecule has 1 unspecified atom stereocenters. The molecule has 1 aliphatic heterocycles. The van der Waals surface area contributed by atoms with Crippen LogP contribution < -0.4 is 10.2 Å². The van der Waals surface area contributed by atoms with Gasteiger partial charge in [-0.25, -0.2) is 4.98 Å². The van der Waals surface area contributed by atoms with Crippen LogP contribution >= 0.6 is 0 Å². The van der Waals surface area contributed by atoms with Gasteiger partial charge in [0.15, 0.2) is 0 Å². The van der Waals surface area contributed by atoms with Gasteiger partial charge in [0, 0.05) is 18.3 Å². The number of aromatic nitrogens is 1. The first-order valence-electron chi connectivity index (χ1n) is 9.19. The van der Waals surface area contributed by atoms with Gasteiger partial charge in [-0.2, -0.15) is 0 Å². The second-order valence-electron chi connectivity index (χ2n) is 6.98. The van der Waals surface area contributed by atoms with Gasteiger partial charge in [-0.3, -0.25) is 4.79 Å². The topological polar surface area (TPSA) is 45.2 Å². The number of hydrogen-bond donors (Lipinski definition) is 1. The summed E-state index contributed by atoms with van der Waals surface area (Å²) in [5.41, 5.74) is 4.65. The molecule has 4 heteroatoms. The minimum atomic E-state index is -0.165. The maximum atomic E-state index is 12.5. The highest BCUT2D eigenvalue weighted by Gasteiger charge is 2.21. The van der Waals surface area contributed by atoms with Crippen LogP contribution in [0.25, 0.3) is 0 Å². The molecule has 2 heterocycles. The van der Waals surface area contributed by atoms with E-state index in [0.717, 1.165) is 35.5 Å². The monoisotopic (exact) mass is 337 g/mol. The zero-order valence-electron chi connectivity index (χ0n) is 15.4. The molecule has 1 saturated heterocycles. The minimum absolute atomic E-state index is 0.165. The van der Waals surface area contributed by atoms with Crippen LogP contribution in [0.5, 0.6) is 0 Å². The number of piperidine rings is 1. The second-order valence-corrected chi connectivity index (χ2v) is 6.98. The lowest BCUT2D eigenvalue weighted by atomic mass is 9.99. The summed E-state index contributed by atoms with van der Waals surface area (Å²) in [6, 6.07) is 10.5. The highest BCUT2D eigenvalue weighted by molar-refractivity contribution is 6.03. The van der Waals surface area contributed by atoms with Crippen molar-refractivity contribution in [1.82, 2.24) is 4.98 Å². The molecule has 2 aromatic rings. The third-order valence-electron chi connectivity index (χ3n) is 4.89. The number of amides is 1. The van der Waals surface area contributed by atoms with E-state index in [1.54, 1.807) is 0 Å². The summed E-state index contributed by atoms with van der Waals surface area (Å²) in [5.74, 6) is -0.165. The van der Waals surface area contributed by atoms with Crippen LogP contribution in [0.15, 0.2) is 36.5 Å². The molecule has 1 aromatic heterocycles. The lowest BCUT2D eigenvalue weighted by Gasteiger charge is -2.37. The van der Waals surface area contributed by atoms with E-state index in [1.165, 1.54) is 19.3 Å². The predicted molar refractivity (Wildman–Crippen MR) is 103 cm³/mol. The van der Waals surface area contributed by atoms with Gasteiger partial charge < -0.3 is 10.2 Å². The molecular weight excluding hydrogens is 310 g/mol. The first-order chi connectivity index (χ1) is 12.1. The number of carbonyl (C=O) groups is 1. The zero-order chi connectivity index (χ0) is 17.8. The van der Waals surface area contributed by atoms with Crippen molar-refractivity contribution < 1.29 is 4.79 Å². The summed E-state index contributed by atoms with van der Waals surface area (Å²) in [6.45, 7) is 7.37. The Kier molecular flexibility index (Phi) is 5.37. The number of hydrogen-bond acceptors (Lipinski definition) is 3. The smallest absolute Gasteiger partial charge is 0.274 e. The molecule has 1 N–H and O–H groups in total. The summed E-state index contributed by atoms with van der Waals surface area (Å²) in [7, 11) is 0. The lowest BCUT2D eigenvalue weighted by molar-refractivity contribution is 0.102. The van der Waals surface area contributed by atoms with Gasteiger partial charge in [-0.05, 0) is 74.9 Å². The van der Waals surface area contributed by atoms with E-state index in [4.69, 9.17) is 0 Å². The first-order valence-corrected chi connectivity index (χ1v) is 9.19. The molecule has 1 aromatic carbocycles. The Morgan fingerprint density at radius 2 is 1.96 bits per heavy atom. The van der Waals surface area contributed by atoms with Crippen LogP contribution in [0.3, 0.4) is 0 Å². The molecule has 1 aliphatic rings. The number of benzene rings is 1. The van der Waals surface area contributed by atoms with Crippen LogP contribution in [0, 0.1) is 13.8 Å². The standard InChI is InChI=1S/C21H27N3O/c1-4-18-7-5-6-10-24(18)19-8-9-20(22-14-19)21(25)23-17-12-15(2)11-16(3)13-17/h8-9,11-14,18H,4-7,10H2,1-3H3,(H,23,25). The normalized spacial score (nSPS) is 17.4. The van der Waals surface area contributed by atoms with E-state index >= 15 is 0 Å². The van der Waals surface area contributed by atoms with Gasteiger partial charge in [0.05, 0.1) is 11.9 Å². The molecule has 132 valence electrons. The van der Waals surface area contributed by atoms with Crippen molar-refractivity contribution in [2.45, 2.75) is 52.5 Å². The summed E-state index contributed by atoms with van der Waals surface area (Å²) < 4.78 is 0. The van der Waals surface area contributed by atoms with Crippen LogP contribution in [0.2, 0.25) is 0 Å². The average Bonchev–Trinajstić information content (AvgIpc) is 2.61. The predicted octanol–water partition coefficient (Wildman–Crippen LogP) is 4.72. The molecule has 0 saturated carbocycles. The van der Waals surface area contributed by atoms with Gasteiger partial charge in [0.25, 0.3) is 5.91 Å². The van der Waals surface area contributed by atoms with E-state index in [-0.39, 0.29) is 5.91 Å². The van der Waals surface area contributed by atoms with E-state index < -0.39 is 0 Å². The van der Waals surface area contributed by atoms with Crippen molar-refractivity contribution in [3.05, 3.63) is 53.3 Å². The molecule has 3 rings (SSSR count). The molecule has 1 atom stereocenters. The van der Waals surface area contributed by atoms with E-state index in [2.05, 4.69) is 28.2 Å². The fraction of sp³-hybridized carbons (Fsp3) is 0.429. The molecule has 0 aliphatic carbocycles. The number of anilines is 2. The lowest BCUT2D eigenvalue weighted by Crippen LogP contribution is -2.39.